The molecule has 1 aromatic carbocycles. The second-order valence-electron chi connectivity index (χ2n) is 5.16. The Morgan fingerprint density at radius 1 is 1.29 bits per heavy atom. The summed E-state index contributed by atoms with van der Waals surface area (Å²) < 4.78 is 4.26. The van der Waals surface area contributed by atoms with E-state index in [1.165, 1.54) is 11.5 Å². The fraction of sp³-hybridized carbons (Fsp3) is 0.400. The lowest BCUT2D eigenvalue weighted by molar-refractivity contribution is 0.412. The SMILES string of the molecule is Cc1nsc(N(CCN(C)C)Cc2cccc(C#N)c2)n1. The number of likely N-dealkylation sites (N-methyl/N-ethyl adjacent to an activating group) is 1. The van der Waals surface area contributed by atoms with Crippen LogP contribution in [0.2, 0.25) is 0 Å². The molecule has 2 rings (SSSR count). The Hall–Kier alpha value is -1.97. The van der Waals surface area contributed by atoms with Gasteiger partial charge in [0, 0.05) is 31.2 Å². The van der Waals surface area contributed by atoms with Crippen LogP contribution in [0, 0.1) is 18.3 Å². The highest BCUT2D eigenvalue weighted by atomic mass is 32.1. The topological polar surface area (TPSA) is 56.1 Å². The minimum Gasteiger partial charge on any atom is -0.341 e. The minimum atomic E-state index is 0.688. The molecular weight excluding hydrogens is 282 g/mol. The van der Waals surface area contributed by atoms with E-state index in [9.17, 15) is 0 Å². The molecule has 1 aromatic heterocycles. The molecule has 0 aliphatic heterocycles. The van der Waals surface area contributed by atoms with Crippen LogP contribution in [-0.4, -0.2) is 41.4 Å². The highest BCUT2D eigenvalue weighted by molar-refractivity contribution is 7.09. The summed E-state index contributed by atoms with van der Waals surface area (Å²) in [6.45, 7) is 4.45. The van der Waals surface area contributed by atoms with Crippen molar-refractivity contribution in [3.05, 3.63) is 41.2 Å². The number of benzene rings is 1. The van der Waals surface area contributed by atoms with Crippen LogP contribution in [0.1, 0.15) is 17.0 Å². The van der Waals surface area contributed by atoms with E-state index in [0.29, 0.717) is 5.56 Å². The lowest BCUT2D eigenvalue weighted by Gasteiger charge is -2.23. The Morgan fingerprint density at radius 3 is 2.71 bits per heavy atom. The normalized spacial score (nSPS) is 10.6. The third kappa shape index (κ3) is 4.52. The molecule has 0 aliphatic rings. The molecule has 0 aliphatic carbocycles. The summed E-state index contributed by atoms with van der Waals surface area (Å²) in [4.78, 5) is 8.83. The van der Waals surface area contributed by atoms with Gasteiger partial charge in [0.2, 0.25) is 5.13 Å². The molecule has 0 amide bonds. The van der Waals surface area contributed by atoms with Gasteiger partial charge < -0.3 is 9.80 Å². The highest BCUT2D eigenvalue weighted by Crippen LogP contribution is 2.19. The van der Waals surface area contributed by atoms with Crippen LogP contribution in [-0.2, 0) is 6.54 Å². The maximum absolute atomic E-state index is 9.00. The molecule has 21 heavy (non-hydrogen) atoms. The van der Waals surface area contributed by atoms with Crippen molar-refractivity contribution in [3.8, 4) is 6.07 Å². The Morgan fingerprint density at radius 2 is 2.10 bits per heavy atom. The van der Waals surface area contributed by atoms with Gasteiger partial charge in [0.15, 0.2) is 0 Å². The number of anilines is 1. The monoisotopic (exact) mass is 301 g/mol. The molecule has 2 aromatic rings. The largest absolute Gasteiger partial charge is 0.341 e. The lowest BCUT2D eigenvalue weighted by atomic mass is 10.1. The first kappa shape index (κ1) is 15.4. The molecule has 1 heterocycles. The number of hydrogen-bond acceptors (Lipinski definition) is 6. The van der Waals surface area contributed by atoms with Crippen molar-refractivity contribution >= 4 is 16.7 Å². The van der Waals surface area contributed by atoms with E-state index in [0.717, 1.165) is 36.2 Å². The average Bonchev–Trinajstić information content (AvgIpc) is 2.90. The van der Waals surface area contributed by atoms with Gasteiger partial charge in [0.1, 0.15) is 5.82 Å². The minimum absolute atomic E-state index is 0.688. The van der Waals surface area contributed by atoms with Gasteiger partial charge in [0.25, 0.3) is 0 Å². The zero-order valence-corrected chi connectivity index (χ0v) is 13.4. The summed E-state index contributed by atoms with van der Waals surface area (Å²) in [6.07, 6.45) is 0. The summed E-state index contributed by atoms with van der Waals surface area (Å²) in [7, 11) is 4.11. The van der Waals surface area contributed by atoms with Gasteiger partial charge in [-0.25, -0.2) is 4.98 Å². The second kappa shape index (κ2) is 7.16. The summed E-state index contributed by atoms with van der Waals surface area (Å²) in [5.41, 5.74) is 1.80. The van der Waals surface area contributed by atoms with Crippen LogP contribution in [0.25, 0.3) is 0 Å². The maximum atomic E-state index is 9.00. The third-order valence-corrected chi connectivity index (χ3v) is 3.90. The van der Waals surface area contributed by atoms with Gasteiger partial charge >= 0.3 is 0 Å². The Balaban J connectivity index is 2.16. The van der Waals surface area contributed by atoms with Crippen LogP contribution in [0.15, 0.2) is 24.3 Å². The molecule has 0 N–H and O–H groups in total. The van der Waals surface area contributed by atoms with Gasteiger partial charge in [-0.2, -0.15) is 9.64 Å². The zero-order chi connectivity index (χ0) is 15.2. The van der Waals surface area contributed by atoms with E-state index < -0.39 is 0 Å². The molecule has 6 heteroatoms. The van der Waals surface area contributed by atoms with Crippen molar-refractivity contribution in [3.63, 3.8) is 0 Å². The maximum Gasteiger partial charge on any atom is 0.205 e. The summed E-state index contributed by atoms with van der Waals surface area (Å²) in [5.74, 6) is 0.802. The second-order valence-corrected chi connectivity index (χ2v) is 5.89. The van der Waals surface area contributed by atoms with E-state index in [1.807, 2.05) is 31.2 Å². The number of aryl methyl sites for hydroxylation is 1. The van der Waals surface area contributed by atoms with Gasteiger partial charge in [0.05, 0.1) is 11.6 Å². The van der Waals surface area contributed by atoms with Crippen molar-refractivity contribution in [1.29, 1.82) is 5.26 Å². The first-order chi connectivity index (χ1) is 10.1. The Kier molecular flexibility index (Phi) is 5.26. The van der Waals surface area contributed by atoms with E-state index in [2.05, 4.69) is 39.3 Å². The zero-order valence-electron chi connectivity index (χ0n) is 12.6. The van der Waals surface area contributed by atoms with E-state index in [1.54, 1.807) is 0 Å². The van der Waals surface area contributed by atoms with Crippen LogP contribution >= 0.6 is 11.5 Å². The van der Waals surface area contributed by atoms with E-state index >= 15 is 0 Å². The Bertz CT molecular complexity index is 629. The molecule has 5 nitrogen and oxygen atoms in total. The van der Waals surface area contributed by atoms with E-state index in [4.69, 9.17) is 5.26 Å². The molecule has 0 saturated heterocycles. The number of aromatic nitrogens is 2. The lowest BCUT2D eigenvalue weighted by Crippen LogP contribution is -2.31. The van der Waals surface area contributed by atoms with Gasteiger partial charge in [-0.15, -0.1) is 0 Å². The number of nitrogens with zero attached hydrogens (tertiary/aromatic N) is 5. The molecule has 110 valence electrons. The molecule has 0 unspecified atom stereocenters. The molecule has 0 saturated carbocycles. The van der Waals surface area contributed by atoms with Crippen molar-refractivity contribution in [2.24, 2.45) is 0 Å². The quantitative estimate of drug-likeness (QED) is 0.819. The van der Waals surface area contributed by atoms with Crippen LogP contribution in [0.3, 0.4) is 0 Å². The molecule has 0 atom stereocenters. The predicted octanol–water partition coefficient (Wildman–Crippen LogP) is 2.29. The predicted molar refractivity (Wildman–Crippen MR) is 85.4 cm³/mol. The first-order valence-corrected chi connectivity index (χ1v) is 7.55. The third-order valence-electron chi connectivity index (χ3n) is 3.03. The first-order valence-electron chi connectivity index (χ1n) is 6.77. The van der Waals surface area contributed by atoms with E-state index in [-0.39, 0.29) is 0 Å². The summed E-state index contributed by atoms with van der Waals surface area (Å²) in [5, 5.41) is 9.93. The van der Waals surface area contributed by atoms with Gasteiger partial charge in [-0.3, -0.25) is 0 Å². The fourth-order valence-electron chi connectivity index (χ4n) is 1.94. The van der Waals surface area contributed by atoms with Gasteiger partial charge in [-0.1, -0.05) is 12.1 Å². The molecular formula is C15H19N5S. The molecule has 0 radical (unpaired) electrons. The molecule has 0 bridgehead atoms. The number of nitriles is 1. The van der Waals surface area contributed by atoms with Crippen molar-refractivity contribution in [2.45, 2.75) is 13.5 Å². The standard InChI is InChI=1S/C15H19N5S/c1-12-17-15(21-18-12)20(8-7-19(2)3)11-14-6-4-5-13(9-14)10-16/h4-6,9H,7-8,11H2,1-3H3. The van der Waals surface area contributed by atoms with Crippen molar-refractivity contribution in [1.82, 2.24) is 14.3 Å². The number of hydrogen-bond donors (Lipinski definition) is 0. The van der Waals surface area contributed by atoms with Crippen molar-refractivity contribution < 1.29 is 0 Å². The average molecular weight is 301 g/mol. The smallest absolute Gasteiger partial charge is 0.205 e. The highest BCUT2D eigenvalue weighted by Gasteiger charge is 2.12. The van der Waals surface area contributed by atoms with Gasteiger partial charge in [-0.05, 0) is 38.7 Å². The summed E-state index contributed by atoms with van der Waals surface area (Å²) in [6, 6.07) is 9.89. The molecule has 0 fully saturated rings. The fourth-order valence-corrected chi connectivity index (χ4v) is 2.64. The van der Waals surface area contributed by atoms with Crippen molar-refractivity contribution in [2.75, 3.05) is 32.1 Å². The number of rotatable bonds is 6. The van der Waals surface area contributed by atoms with Crippen LogP contribution < -0.4 is 4.90 Å². The van der Waals surface area contributed by atoms with Crippen LogP contribution in [0.4, 0.5) is 5.13 Å². The summed E-state index contributed by atoms with van der Waals surface area (Å²) >= 11 is 1.42. The molecule has 0 spiro atoms. The Labute approximate surface area is 129 Å². The van der Waals surface area contributed by atoms with Crippen LogP contribution in [0.5, 0.6) is 0 Å².